The molecule has 2 aromatic rings. The highest BCUT2D eigenvalue weighted by Gasteiger charge is 2.12. The van der Waals surface area contributed by atoms with E-state index in [4.69, 9.17) is 4.74 Å². The molecular formula is C14H10BrNO3. The molecule has 2 rings (SSSR count). The van der Waals surface area contributed by atoms with Crippen LogP contribution in [0.5, 0.6) is 0 Å². The molecule has 19 heavy (non-hydrogen) atoms. The van der Waals surface area contributed by atoms with Crippen molar-refractivity contribution >= 4 is 27.7 Å². The number of ketones is 1. The number of nitrogens with zero attached hydrogens (tertiary/aromatic N) is 1. The van der Waals surface area contributed by atoms with E-state index in [2.05, 4.69) is 20.9 Å². The lowest BCUT2D eigenvalue weighted by molar-refractivity contribution is 0.0469. The average Bonchev–Trinajstić information content (AvgIpc) is 2.46. The Hall–Kier alpha value is -2.01. The zero-order valence-corrected chi connectivity index (χ0v) is 11.5. The van der Waals surface area contributed by atoms with Gasteiger partial charge in [-0.1, -0.05) is 30.3 Å². The van der Waals surface area contributed by atoms with Crippen LogP contribution in [0, 0.1) is 0 Å². The number of esters is 1. The van der Waals surface area contributed by atoms with Gasteiger partial charge in [-0.2, -0.15) is 0 Å². The van der Waals surface area contributed by atoms with Gasteiger partial charge in [0.05, 0.1) is 0 Å². The van der Waals surface area contributed by atoms with Gasteiger partial charge in [0, 0.05) is 16.2 Å². The van der Waals surface area contributed by atoms with Crippen molar-refractivity contribution in [3.63, 3.8) is 0 Å². The second kappa shape index (κ2) is 6.24. The molecule has 0 unspecified atom stereocenters. The van der Waals surface area contributed by atoms with E-state index in [1.54, 1.807) is 30.3 Å². The standard InChI is InChI=1S/C14H10BrNO3/c15-11-6-7-12(16-8-11)14(18)19-9-13(17)10-4-2-1-3-5-10/h1-8H,9H2. The molecule has 0 saturated heterocycles. The lowest BCUT2D eigenvalue weighted by atomic mass is 10.1. The average molecular weight is 320 g/mol. The Morgan fingerprint density at radius 1 is 1.11 bits per heavy atom. The fourth-order valence-corrected chi connectivity index (χ4v) is 1.64. The van der Waals surface area contributed by atoms with Crippen LogP contribution in [-0.4, -0.2) is 23.3 Å². The first-order chi connectivity index (χ1) is 9.16. The lowest BCUT2D eigenvalue weighted by Gasteiger charge is -2.03. The predicted molar refractivity (Wildman–Crippen MR) is 73.0 cm³/mol. The Morgan fingerprint density at radius 3 is 2.47 bits per heavy atom. The molecule has 0 atom stereocenters. The smallest absolute Gasteiger partial charge is 0.357 e. The molecule has 0 amide bonds. The van der Waals surface area contributed by atoms with Crippen molar-refractivity contribution in [2.45, 2.75) is 0 Å². The highest BCUT2D eigenvalue weighted by Crippen LogP contribution is 2.08. The minimum atomic E-state index is -0.614. The Balaban J connectivity index is 1.94. The van der Waals surface area contributed by atoms with Crippen LogP contribution in [0.3, 0.4) is 0 Å². The Bertz CT molecular complexity index is 581. The maximum absolute atomic E-state index is 11.7. The molecule has 0 spiro atoms. The van der Waals surface area contributed by atoms with Crippen LogP contribution in [0.15, 0.2) is 53.1 Å². The number of ether oxygens (including phenoxy) is 1. The van der Waals surface area contributed by atoms with Gasteiger partial charge in [-0.05, 0) is 28.1 Å². The topological polar surface area (TPSA) is 56.3 Å². The molecule has 0 fully saturated rings. The zero-order chi connectivity index (χ0) is 13.7. The van der Waals surface area contributed by atoms with Crippen molar-refractivity contribution in [1.29, 1.82) is 0 Å². The van der Waals surface area contributed by atoms with Crippen molar-refractivity contribution in [2.24, 2.45) is 0 Å². The normalized spacial score (nSPS) is 9.95. The van der Waals surface area contributed by atoms with Crippen LogP contribution in [0.1, 0.15) is 20.8 Å². The summed E-state index contributed by atoms with van der Waals surface area (Å²) in [5.74, 6) is -0.858. The molecule has 4 nitrogen and oxygen atoms in total. The molecule has 0 aliphatic carbocycles. The number of aromatic nitrogens is 1. The maximum atomic E-state index is 11.7. The number of Topliss-reactive ketones (excluding diaryl/α,β-unsaturated/α-hetero) is 1. The lowest BCUT2D eigenvalue weighted by Crippen LogP contribution is -2.15. The van der Waals surface area contributed by atoms with Crippen molar-refractivity contribution in [2.75, 3.05) is 6.61 Å². The summed E-state index contributed by atoms with van der Waals surface area (Å²) in [4.78, 5) is 27.3. The van der Waals surface area contributed by atoms with Gasteiger partial charge in [-0.25, -0.2) is 9.78 Å². The quantitative estimate of drug-likeness (QED) is 0.642. The Kier molecular flexibility index (Phi) is 4.41. The summed E-state index contributed by atoms with van der Waals surface area (Å²) in [7, 11) is 0. The first kappa shape index (κ1) is 13.4. The second-order valence-corrected chi connectivity index (χ2v) is 4.64. The molecule has 96 valence electrons. The summed E-state index contributed by atoms with van der Waals surface area (Å²) >= 11 is 3.22. The molecule has 1 aromatic heterocycles. The Morgan fingerprint density at radius 2 is 1.84 bits per heavy atom. The van der Waals surface area contributed by atoms with Crippen molar-refractivity contribution in [1.82, 2.24) is 4.98 Å². The van der Waals surface area contributed by atoms with Crippen LogP contribution in [0.25, 0.3) is 0 Å². The van der Waals surface area contributed by atoms with E-state index < -0.39 is 5.97 Å². The predicted octanol–water partition coefficient (Wildman–Crippen LogP) is 2.88. The van der Waals surface area contributed by atoms with E-state index in [1.807, 2.05) is 6.07 Å². The fourth-order valence-electron chi connectivity index (χ4n) is 1.41. The number of carbonyl (C=O) groups is 2. The molecule has 0 N–H and O–H groups in total. The van der Waals surface area contributed by atoms with Gasteiger partial charge in [0.2, 0.25) is 0 Å². The fraction of sp³-hybridized carbons (Fsp3) is 0.0714. The van der Waals surface area contributed by atoms with Crippen LogP contribution >= 0.6 is 15.9 Å². The van der Waals surface area contributed by atoms with E-state index in [9.17, 15) is 9.59 Å². The molecule has 0 saturated carbocycles. The minimum absolute atomic E-state index is 0.170. The first-order valence-electron chi connectivity index (χ1n) is 5.54. The second-order valence-electron chi connectivity index (χ2n) is 3.73. The van der Waals surface area contributed by atoms with Gasteiger partial charge in [-0.15, -0.1) is 0 Å². The summed E-state index contributed by atoms with van der Waals surface area (Å²) in [6.45, 7) is -0.291. The number of hydrogen-bond acceptors (Lipinski definition) is 4. The summed E-state index contributed by atoms with van der Waals surface area (Å²) < 4.78 is 5.69. The molecule has 0 radical (unpaired) electrons. The van der Waals surface area contributed by atoms with Crippen LogP contribution in [0.2, 0.25) is 0 Å². The van der Waals surface area contributed by atoms with Crippen LogP contribution in [-0.2, 0) is 4.74 Å². The SMILES string of the molecule is O=C(COC(=O)c1ccc(Br)cn1)c1ccccc1. The highest BCUT2D eigenvalue weighted by atomic mass is 79.9. The zero-order valence-electron chi connectivity index (χ0n) is 9.88. The van der Waals surface area contributed by atoms with Gasteiger partial charge in [0.15, 0.2) is 12.4 Å². The number of halogens is 1. The summed E-state index contributed by atoms with van der Waals surface area (Å²) in [6.07, 6.45) is 1.50. The van der Waals surface area contributed by atoms with E-state index in [1.165, 1.54) is 12.3 Å². The number of benzene rings is 1. The number of hydrogen-bond donors (Lipinski definition) is 0. The van der Waals surface area contributed by atoms with Crippen molar-refractivity contribution in [3.05, 3.63) is 64.4 Å². The maximum Gasteiger partial charge on any atom is 0.357 e. The van der Waals surface area contributed by atoms with Crippen molar-refractivity contribution < 1.29 is 14.3 Å². The third-order valence-corrected chi connectivity index (χ3v) is 2.84. The number of rotatable bonds is 4. The third-order valence-electron chi connectivity index (χ3n) is 2.37. The van der Waals surface area contributed by atoms with Crippen molar-refractivity contribution in [3.8, 4) is 0 Å². The molecule has 1 aromatic carbocycles. The van der Waals surface area contributed by atoms with Gasteiger partial charge >= 0.3 is 5.97 Å². The number of pyridine rings is 1. The molecule has 0 aliphatic heterocycles. The Labute approximate surface area is 118 Å². The summed E-state index contributed by atoms with van der Waals surface area (Å²) in [6, 6.07) is 11.9. The molecule has 0 bridgehead atoms. The molecular weight excluding hydrogens is 310 g/mol. The van der Waals surface area contributed by atoms with Crippen LogP contribution < -0.4 is 0 Å². The van der Waals surface area contributed by atoms with E-state index in [0.717, 1.165) is 4.47 Å². The third kappa shape index (κ3) is 3.72. The first-order valence-corrected chi connectivity index (χ1v) is 6.33. The van der Waals surface area contributed by atoms with Gasteiger partial charge in [0.1, 0.15) is 5.69 Å². The molecule has 0 aliphatic rings. The number of carbonyl (C=O) groups excluding carboxylic acids is 2. The minimum Gasteiger partial charge on any atom is -0.453 e. The van der Waals surface area contributed by atoms with E-state index >= 15 is 0 Å². The monoisotopic (exact) mass is 319 g/mol. The summed E-state index contributed by atoms with van der Waals surface area (Å²) in [5, 5.41) is 0. The van der Waals surface area contributed by atoms with E-state index in [0.29, 0.717) is 5.56 Å². The summed E-state index contributed by atoms with van der Waals surface area (Å²) in [5.41, 5.74) is 0.683. The molecule has 5 heteroatoms. The highest BCUT2D eigenvalue weighted by molar-refractivity contribution is 9.10. The van der Waals surface area contributed by atoms with Gasteiger partial charge in [-0.3, -0.25) is 4.79 Å². The van der Waals surface area contributed by atoms with Crippen LogP contribution in [0.4, 0.5) is 0 Å². The largest absolute Gasteiger partial charge is 0.453 e. The van der Waals surface area contributed by atoms with E-state index in [-0.39, 0.29) is 18.1 Å². The molecule has 1 heterocycles. The van der Waals surface area contributed by atoms with Gasteiger partial charge in [0.25, 0.3) is 0 Å². The van der Waals surface area contributed by atoms with Gasteiger partial charge < -0.3 is 4.74 Å².